The van der Waals surface area contributed by atoms with Crippen LogP contribution in [0, 0.1) is 0 Å². The van der Waals surface area contributed by atoms with E-state index in [1.807, 2.05) is 42.5 Å². The van der Waals surface area contributed by atoms with Gasteiger partial charge in [-0.15, -0.1) is 0 Å². The molecule has 2 N–H and O–H groups in total. The topological polar surface area (TPSA) is 70.7 Å². The van der Waals surface area contributed by atoms with Gasteiger partial charge in [0, 0.05) is 31.6 Å². The summed E-state index contributed by atoms with van der Waals surface area (Å²) >= 11 is 0. The third-order valence-electron chi connectivity index (χ3n) is 4.08. The number of benzene rings is 2. The molecule has 0 saturated carbocycles. The van der Waals surface area contributed by atoms with E-state index in [1.54, 1.807) is 17.0 Å². The van der Waals surface area contributed by atoms with Crippen molar-refractivity contribution < 1.29 is 14.3 Å². The second-order valence-electron chi connectivity index (χ2n) is 5.80. The van der Waals surface area contributed by atoms with Gasteiger partial charge in [0.15, 0.2) is 6.10 Å². The van der Waals surface area contributed by atoms with Crippen LogP contribution in [0.1, 0.15) is 18.1 Å². The molecule has 0 unspecified atom stereocenters. The van der Waals surface area contributed by atoms with Crippen molar-refractivity contribution in [3.63, 3.8) is 0 Å². The summed E-state index contributed by atoms with van der Waals surface area (Å²) in [5.74, 6) is -0.256. The lowest BCUT2D eigenvalue weighted by Gasteiger charge is -2.27. The van der Waals surface area contributed by atoms with Crippen LogP contribution in [0.4, 0.5) is 16.2 Å². The lowest BCUT2D eigenvalue weighted by molar-refractivity contribution is -0.126. The number of methoxy groups -OCH3 is 1. The first-order valence-electron chi connectivity index (χ1n) is 8.23. The van der Waals surface area contributed by atoms with Crippen molar-refractivity contribution in [1.29, 1.82) is 0 Å². The molecule has 0 bridgehead atoms. The maximum atomic E-state index is 12.6. The average Bonchev–Trinajstić information content (AvgIpc) is 2.64. The highest BCUT2D eigenvalue weighted by molar-refractivity contribution is 5.97. The zero-order valence-corrected chi connectivity index (χ0v) is 14.1. The predicted octanol–water partition coefficient (Wildman–Crippen LogP) is 2.93. The number of hydrogen-bond acceptors (Lipinski definition) is 3. The molecule has 1 saturated heterocycles. The summed E-state index contributed by atoms with van der Waals surface area (Å²) in [6.45, 7) is 1.35. The normalized spacial score (nSPS) is 15.4. The van der Waals surface area contributed by atoms with Crippen molar-refractivity contribution in [2.45, 2.75) is 12.5 Å². The summed E-state index contributed by atoms with van der Waals surface area (Å²) in [5.41, 5.74) is 2.16. The van der Waals surface area contributed by atoms with Crippen molar-refractivity contribution in [1.82, 2.24) is 5.32 Å². The van der Waals surface area contributed by atoms with Gasteiger partial charge in [-0.2, -0.15) is 0 Å². The van der Waals surface area contributed by atoms with E-state index in [2.05, 4.69) is 10.6 Å². The zero-order valence-electron chi connectivity index (χ0n) is 14.1. The molecule has 0 spiro atoms. The number of urea groups is 1. The Hall–Kier alpha value is -2.86. The third-order valence-corrected chi connectivity index (χ3v) is 4.08. The molecule has 0 aliphatic carbocycles. The standard InChI is InChI=1S/C19H21N3O3/c1-25-17(14-7-3-2-4-8-14)18(23)21-15-9-5-10-16(13-15)22-12-6-11-20-19(22)24/h2-5,7-10,13,17H,6,11-12H2,1H3,(H,20,24)(H,21,23)/t17-/m1/s1. The quantitative estimate of drug-likeness (QED) is 0.880. The lowest BCUT2D eigenvalue weighted by Crippen LogP contribution is -2.46. The molecule has 25 heavy (non-hydrogen) atoms. The number of hydrogen-bond donors (Lipinski definition) is 2. The number of carbonyl (C=O) groups is 2. The van der Waals surface area contributed by atoms with E-state index < -0.39 is 6.10 Å². The number of nitrogens with zero attached hydrogens (tertiary/aromatic N) is 1. The van der Waals surface area contributed by atoms with Gasteiger partial charge >= 0.3 is 6.03 Å². The number of carbonyl (C=O) groups excluding carboxylic acids is 2. The number of anilines is 2. The second kappa shape index (κ2) is 7.81. The number of amides is 3. The van der Waals surface area contributed by atoms with Crippen LogP contribution in [0.2, 0.25) is 0 Å². The molecule has 2 aromatic rings. The van der Waals surface area contributed by atoms with Crippen molar-refractivity contribution in [2.75, 3.05) is 30.4 Å². The highest BCUT2D eigenvalue weighted by Gasteiger charge is 2.22. The van der Waals surface area contributed by atoms with Crippen LogP contribution in [0.15, 0.2) is 54.6 Å². The Kier molecular flexibility index (Phi) is 5.30. The van der Waals surface area contributed by atoms with Crippen LogP contribution >= 0.6 is 0 Å². The van der Waals surface area contributed by atoms with Crippen molar-refractivity contribution >= 4 is 23.3 Å². The Labute approximate surface area is 146 Å². The summed E-state index contributed by atoms with van der Waals surface area (Å²) in [6.07, 6.45) is 0.199. The Morgan fingerprint density at radius 2 is 2.00 bits per heavy atom. The van der Waals surface area contributed by atoms with Gasteiger partial charge in [-0.3, -0.25) is 9.69 Å². The fourth-order valence-corrected chi connectivity index (χ4v) is 2.86. The second-order valence-corrected chi connectivity index (χ2v) is 5.80. The van der Waals surface area contributed by atoms with Gasteiger partial charge in [-0.25, -0.2) is 4.79 Å². The van der Waals surface area contributed by atoms with Crippen LogP contribution in [0.3, 0.4) is 0 Å². The van der Waals surface area contributed by atoms with Gasteiger partial charge in [0.05, 0.1) is 0 Å². The molecule has 1 aliphatic heterocycles. The van der Waals surface area contributed by atoms with Crippen LogP contribution in [0.25, 0.3) is 0 Å². The van der Waals surface area contributed by atoms with Gasteiger partial charge in [-0.1, -0.05) is 36.4 Å². The van der Waals surface area contributed by atoms with E-state index in [9.17, 15) is 9.59 Å². The van der Waals surface area contributed by atoms with E-state index >= 15 is 0 Å². The molecule has 1 heterocycles. The highest BCUT2D eigenvalue weighted by Crippen LogP contribution is 2.23. The molecule has 3 rings (SSSR count). The molecule has 1 aliphatic rings. The van der Waals surface area contributed by atoms with E-state index in [-0.39, 0.29) is 11.9 Å². The average molecular weight is 339 g/mol. The minimum Gasteiger partial charge on any atom is -0.367 e. The smallest absolute Gasteiger partial charge is 0.321 e. The summed E-state index contributed by atoms with van der Waals surface area (Å²) in [7, 11) is 1.51. The fraction of sp³-hybridized carbons (Fsp3) is 0.263. The Morgan fingerprint density at radius 3 is 2.72 bits per heavy atom. The van der Waals surface area contributed by atoms with Gasteiger partial charge in [0.25, 0.3) is 5.91 Å². The lowest BCUT2D eigenvalue weighted by atomic mass is 10.1. The molecule has 0 aromatic heterocycles. The molecule has 130 valence electrons. The predicted molar refractivity (Wildman–Crippen MR) is 96.6 cm³/mol. The largest absolute Gasteiger partial charge is 0.367 e. The summed E-state index contributed by atoms with van der Waals surface area (Å²) in [4.78, 5) is 26.2. The zero-order chi connectivity index (χ0) is 17.6. The first-order chi connectivity index (χ1) is 12.2. The number of rotatable bonds is 5. The Balaban J connectivity index is 1.75. The van der Waals surface area contributed by atoms with E-state index in [0.717, 1.165) is 17.7 Å². The fourth-order valence-electron chi connectivity index (χ4n) is 2.86. The van der Waals surface area contributed by atoms with Crippen LogP contribution in [-0.4, -0.2) is 32.1 Å². The molecule has 1 atom stereocenters. The molecule has 2 aromatic carbocycles. The number of ether oxygens (including phenoxy) is 1. The summed E-state index contributed by atoms with van der Waals surface area (Å²) in [5, 5.41) is 5.68. The van der Waals surface area contributed by atoms with E-state index in [4.69, 9.17) is 4.74 Å². The molecular weight excluding hydrogens is 318 g/mol. The van der Waals surface area contributed by atoms with Crippen molar-refractivity contribution in [2.24, 2.45) is 0 Å². The summed E-state index contributed by atoms with van der Waals surface area (Å²) < 4.78 is 5.35. The molecule has 6 heteroatoms. The van der Waals surface area contributed by atoms with Crippen molar-refractivity contribution in [3.8, 4) is 0 Å². The maximum Gasteiger partial charge on any atom is 0.321 e. The molecular formula is C19H21N3O3. The van der Waals surface area contributed by atoms with Gasteiger partial charge in [0.2, 0.25) is 0 Å². The third kappa shape index (κ3) is 3.97. The van der Waals surface area contributed by atoms with Crippen LogP contribution in [0.5, 0.6) is 0 Å². The Morgan fingerprint density at radius 1 is 1.20 bits per heavy atom. The Bertz CT molecular complexity index is 749. The van der Waals surface area contributed by atoms with Crippen LogP contribution < -0.4 is 15.5 Å². The monoisotopic (exact) mass is 339 g/mol. The highest BCUT2D eigenvalue weighted by atomic mass is 16.5. The van der Waals surface area contributed by atoms with Crippen LogP contribution in [-0.2, 0) is 9.53 Å². The maximum absolute atomic E-state index is 12.6. The SMILES string of the molecule is CO[C@@H](C(=O)Nc1cccc(N2CCCNC2=O)c1)c1ccccc1. The van der Waals surface area contributed by atoms with Gasteiger partial charge < -0.3 is 15.4 Å². The van der Waals surface area contributed by atoms with E-state index in [1.165, 1.54) is 7.11 Å². The molecule has 0 radical (unpaired) electrons. The van der Waals surface area contributed by atoms with E-state index in [0.29, 0.717) is 18.8 Å². The first-order valence-corrected chi connectivity index (χ1v) is 8.23. The minimum atomic E-state index is -0.692. The number of nitrogens with one attached hydrogen (secondary N) is 2. The molecule has 3 amide bonds. The van der Waals surface area contributed by atoms with Gasteiger partial charge in [-0.05, 0) is 30.2 Å². The van der Waals surface area contributed by atoms with Gasteiger partial charge in [0.1, 0.15) is 0 Å². The van der Waals surface area contributed by atoms with Crippen molar-refractivity contribution in [3.05, 3.63) is 60.2 Å². The molecule has 6 nitrogen and oxygen atoms in total. The first kappa shape index (κ1) is 17.0. The summed E-state index contributed by atoms with van der Waals surface area (Å²) in [6, 6.07) is 16.5. The minimum absolute atomic E-state index is 0.117. The molecule has 1 fully saturated rings.